The van der Waals surface area contributed by atoms with Crippen molar-refractivity contribution in [3.63, 3.8) is 0 Å². The largest absolute Gasteiger partial charge is 0.497 e. The van der Waals surface area contributed by atoms with Gasteiger partial charge in [0.15, 0.2) is 5.17 Å². The molecule has 0 aromatic heterocycles. The summed E-state index contributed by atoms with van der Waals surface area (Å²) < 4.78 is 5.14. The first-order chi connectivity index (χ1) is 11.5. The number of nitrogens with one attached hydrogen (secondary N) is 1. The van der Waals surface area contributed by atoms with Gasteiger partial charge in [-0.25, -0.2) is 4.99 Å². The van der Waals surface area contributed by atoms with Crippen molar-refractivity contribution in [3.05, 3.63) is 64.1 Å². The highest BCUT2D eigenvalue weighted by molar-refractivity contribution is 8.18. The van der Waals surface area contributed by atoms with Gasteiger partial charge < -0.3 is 10.1 Å². The summed E-state index contributed by atoms with van der Waals surface area (Å²) in [7, 11) is 1.63. The Morgan fingerprint density at radius 3 is 2.54 bits per heavy atom. The molecule has 3 rings (SSSR count). The van der Waals surface area contributed by atoms with Crippen molar-refractivity contribution in [3.8, 4) is 5.75 Å². The van der Waals surface area contributed by atoms with Crippen LogP contribution in [0.2, 0.25) is 0 Å². The molecule has 1 amide bonds. The fraction of sp³-hybridized carbons (Fsp3) is 0.158. The molecular formula is C19H18N2O2S. The monoisotopic (exact) mass is 338 g/mol. The Balaban J connectivity index is 1.82. The van der Waals surface area contributed by atoms with Crippen molar-refractivity contribution in [2.24, 2.45) is 4.99 Å². The molecule has 1 aliphatic heterocycles. The van der Waals surface area contributed by atoms with Crippen LogP contribution in [0.25, 0.3) is 6.08 Å². The molecule has 1 heterocycles. The summed E-state index contributed by atoms with van der Waals surface area (Å²) in [6, 6.07) is 13.6. The molecule has 4 nitrogen and oxygen atoms in total. The predicted molar refractivity (Wildman–Crippen MR) is 99.7 cm³/mol. The number of amidine groups is 1. The summed E-state index contributed by atoms with van der Waals surface area (Å²) in [4.78, 5) is 17.3. The number of aliphatic imine (C=N–C) groups is 1. The van der Waals surface area contributed by atoms with Gasteiger partial charge in [-0.3, -0.25) is 4.79 Å². The van der Waals surface area contributed by atoms with Crippen molar-refractivity contribution in [2.45, 2.75) is 13.8 Å². The topological polar surface area (TPSA) is 50.7 Å². The summed E-state index contributed by atoms with van der Waals surface area (Å²) in [5.41, 5.74) is 4.10. The number of hydrogen-bond donors (Lipinski definition) is 1. The molecule has 1 aliphatic rings. The van der Waals surface area contributed by atoms with E-state index in [-0.39, 0.29) is 5.91 Å². The van der Waals surface area contributed by atoms with Crippen molar-refractivity contribution in [1.82, 2.24) is 5.32 Å². The maximum atomic E-state index is 12.1. The second-order valence-electron chi connectivity index (χ2n) is 5.54. The zero-order valence-corrected chi connectivity index (χ0v) is 14.6. The Morgan fingerprint density at radius 1 is 1.12 bits per heavy atom. The molecule has 1 N–H and O–H groups in total. The van der Waals surface area contributed by atoms with E-state index in [0.717, 1.165) is 22.6 Å². The van der Waals surface area contributed by atoms with E-state index in [0.29, 0.717) is 10.1 Å². The van der Waals surface area contributed by atoms with Gasteiger partial charge in [-0.1, -0.05) is 29.8 Å². The first kappa shape index (κ1) is 16.3. The maximum Gasteiger partial charge on any atom is 0.264 e. The molecule has 0 bridgehead atoms. The first-order valence-electron chi connectivity index (χ1n) is 7.56. The van der Waals surface area contributed by atoms with Crippen LogP contribution in [0.4, 0.5) is 5.69 Å². The van der Waals surface area contributed by atoms with E-state index in [1.54, 1.807) is 7.11 Å². The molecule has 24 heavy (non-hydrogen) atoms. The number of carbonyl (C=O) groups excluding carboxylic acids is 1. The van der Waals surface area contributed by atoms with E-state index in [1.807, 2.05) is 56.3 Å². The van der Waals surface area contributed by atoms with Crippen LogP contribution in [-0.4, -0.2) is 18.2 Å². The molecule has 0 spiro atoms. The Bertz CT molecular complexity index is 839. The fourth-order valence-electron chi connectivity index (χ4n) is 2.37. The number of amides is 1. The summed E-state index contributed by atoms with van der Waals surface area (Å²) >= 11 is 1.35. The van der Waals surface area contributed by atoms with E-state index in [9.17, 15) is 4.79 Å². The van der Waals surface area contributed by atoms with Crippen LogP contribution in [0.3, 0.4) is 0 Å². The minimum atomic E-state index is -0.126. The number of nitrogens with zero attached hydrogens (tertiary/aromatic N) is 1. The Morgan fingerprint density at radius 2 is 1.88 bits per heavy atom. The molecule has 0 radical (unpaired) electrons. The predicted octanol–water partition coefficient (Wildman–Crippen LogP) is 4.20. The first-order valence-corrected chi connectivity index (χ1v) is 8.38. The Labute approximate surface area is 145 Å². The summed E-state index contributed by atoms with van der Waals surface area (Å²) in [6.07, 6.45) is 1.85. The van der Waals surface area contributed by atoms with Crippen LogP contribution in [0.15, 0.2) is 52.4 Å². The third-order valence-corrected chi connectivity index (χ3v) is 4.55. The molecular weight excluding hydrogens is 320 g/mol. The molecule has 5 heteroatoms. The average Bonchev–Trinajstić information content (AvgIpc) is 2.90. The summed E-state index contributed by atoms with van der Waals surface area (Å²) in [5, 5.41) is 3.42. The number of thioether (sulfide) groups is 1. The van der Waals surface area contributed by atoms with Crippen LogP contribution < -0.4 is 10.1 Å². The maximum absolute atomic E-state index is 12.1. The number of methoxy groups -OCH3 is 1. The number of aryl methyl sites for hydroxylation is 2. The van der Waals surface area contributed by atoms with Gasteiger partial charge in [0, 0.05) is 0 Å². The third kappa shape index (κ3) is 3.68. The Hall–Kier alpha value is -2.53. The zero-order chi connectivity index (χ0) is 17.1. The molecule has 2 aromatic rings. The quantitative estimate of drug-likeness (QED) is 0.853. The molecule has 1 saturated heterocycles. The van der Waals surface area contributed by atoms with Crippen molar-refractivity contribution in [1.29, 1.82) is 0 Å². The highest BCUT2D eigenvalue weighted by Gasteiger charge is 2.23. The second-order valence-corrected chi connectivity index (χ2v) is 6.58. The van der Waals surface area contributed by atoms with Gasteiger partial charge in [0.05, 0.1) is 17.7 Å². The number of carbonyl (C=O) groups is 1. The normalized spacial score (nSPS) is 17.4. The standard InChI is InChI=1S/C19H18N2O2S/c1-12-4-9-16(13(2)10-12)20-19-21-18(22)17(24-19)11-14-5-7-15(23-3)8-6-14/h4-11H,1-3H3,(H,20,21,22)/b17-11-. The lowest BCUT2D eigenvalue weighted by molar-refractivity contribution is -0.115. The van der Waals surface area contributed by atoms with Gasteiger partial charge in [-0.2, -0.15) is 0 Å². The molecule has 0 aliphatic carbocycles. The summed E-state index contributed by atoms with van der Waals surface area (Å²) in [6.45, 7) is 4.06. The van der Waals surface area contributed by atoms with Gasteiger partial charge in [0.2, 0.25) is 0 Å². The van der Waals surface area contributed by atoms with Crippen molar-refractivity contribution >= 4 is 34.6 Å². The minimum Gasteiger partial charge on any atom is -0.497 e. The number of ether oxygens (including phenoxy) is 1. The van der Waals surface area contributed by atoms with Gasteiger partial charge in [-0.05, 0) is 61.0 Å². The number of rotatable bonds is 3. The van der Waals surface area contributed by atoms with E-state index in [4.69, 9.17) is 4.74 Å². The van der Waals surface area contributed by atoms with Crippen molar-refractivity contribution in [2.75, 3.05) is 7.11 Å². The Kier molecular flexibility index (Phi) is 4.71. The average molecular weight is 338 g/mol. The lowest BCUT2D eigenvalue weighted by atomic mass is 10.1. The van der Waals surface area contributed by atoms with Crippen LogP contribution in [-0.2, 0) is 4.79 Å². The highest BCUT2D eigenvalue weighted by Crippen LogP contribution is 2.29. The minimum absolute atomic E-state index is 0.126. The molecule has 122 valence electrons. The molecule has 2 aromatic carbocycles. The van der Waals surface area contributed by atoms with Crippen LogP contribution in [0.5, 0.6) is 5.75 Å². The third-order valence-electron chi connectivity index (χ3n) is 3.64. The van der Waals surface area contributed by atoms with E-state index in [1.165, 1.54) is 17.3 Å². The van der Waals surface area contributed by atoms with Crippen LogP contribution in [0, 0.1) is 13.8 Å². The van der Waals surface area contributed by atoms with E-state index < -0.39 is 0 Å². The lowest BCUT2D eigenvalue weighted by Gasteiger charge is -2.02. The number of benzene rings is 2. The summed E-state index contributed by atoms with van der Waals surface area (Å²) in [5.74, 6) is 0.664. The molecule has 0 unspecified atom stereocenters. The molecule has 0 saturated carbocycles. The van der Waals surface area contributed by atoms with Gasteiger partial charge in [-0.15, -0.1) is 0 Å². The second kappa shape index (κ2) is 6.93. The van der Waals surface area contributed by atoms with Gasteiger partial charge in [0.25, 0.3) is 5.91 Å². The lowest BCUT2D eigenvalue weighted by Crippen LogP contribution is -2.19. The smallest absolute Gasteiger partial charge is 0.264 e. The number of hydrogen-bond acceptors (Lipinski definition) is 4. The SMILES string of the molecule is COc1ccc(/C=C2\SC(=Nc3ccc(C)cc3C)NC2=O)cc1. The van der Waals surface area contributed by atoms with E-state index >= 15 is 0 Å². The van der Waals surface area contributed by atoms with Crippen molar-refractivity contribution < 1.29 is 9.53 Å². The molecule has 0 atom stereocenters. The van der Waals surface area contributed by atoms with Crippen LogP contribution >= 0.6 is 11.8 Å². The van der Waals surface area contributed by atoms with E-state index in [2.05, 4.69) is 16.4 Å². The molecule has 1 fully saturated rings. The van der Waals surface area contributed by atoms with Gasteiger partial charge in [0.1, 0.15) is 5.75 Å². The fourth-order valence-corrected chi connectivity index (χ4v) is 3.21. The van der Waals surface area contributed by atoms with Gasteiger partial charge >= 0.3 is 0 Å². The van der Waals surface area contributed by atoms with Crippen LogP contribution in [0.1, 0.15) is 16.7 Å². The highest BCUT2D eigenvalue weighted by atomic mass is 32.2. The zero-order valence-electron chi connectivity index (χ0n) is 13.8.